The van der Waals surface area contributed by atoms with E-state index in [-0.39, 0.29) is 0 Å². The van der Waals surface area contributed by atoms with E-state index in [1.807, 2.05) is 42.3 Å². The molecular weight excluding hydrogens is 294 g/mol. The maximum atomic E-state index is 5.34. The molecule has 0 N–H and O–H groups in total. The monoisotopic (exact) mass is 307 g/mol. The average molecular weight is 308 g/mol. The number of rotatable bonds is 4. The molecule has 0 atom stereocenters. The maximum absolute atomic E-state index is 5.34. The minimum atomic E-state index is 0.730. The molecule has 0 amide bonds. The quantitative estimate of drug-likeness (QED) is 0.814. The molecule has 0 fully saturated rings. The Morgan fingerprint density at radius 3 is 2.78 bits per heavy atom. The van der Waals surface area contributed by atoms with Crippen molar-refractivity contribution in [2.45, 2.75) is 6.54 Å². The van der Waals surface area contributed by atoms with Crippen molar-refractivity contribution in [3.8, 4) is 5.75 Å². The second-order valence-electron chi connectivity index (χ2n) is 3.87. The number of methoxy groups -OCH3 is 1. The number of hydrogen-bond donors (Lipinski definition) is 0. The molecule has 0 bridgehead atoms. The van der Waals surface area contributed by atoms with Crippen LogP contribution in [0.3, 0.4) is 0 Å². The predicted octanol–water partition coefficient (Wildman–Crippen LogP) is 2.88. The Balaban J connectivity index is 2.18. The Hall–Kier alpha value is -1.62. The third kappa shape index (κ3) is 2.98. The molecule has 0 spiro atoms. The van der Waals surface area contributed by atoms with Crippen molar-refractivity contribution in [2.75, 3.05) is 19.1 Å². The lowest BCUT2D eigenvalue weighted by molar-refractivity contribution is 0.409. The highest BCUT2D eigenvalue weighted by Gasteiger charge is 2.08. The van der Waals surface area contributed by atoms with Gasteiger partial charge < -0.3 is 9.64 Å². The Morgan fingerprint density at radius 2 is 2.06 bits per heavy atom. The van der Waals surface area contributed by atoms with Gasteiger partial charge in [0.05, 0.1) is 7.11 Å². The van der Waals surface area contributed by atoms with Gasteiger partial charge in [0.25, 0.3) is 0 Å². The summed E-state index contributed by atoms with van der Waals surface area (Å²) in [6, 6.07) is 9.85. The molecule has 18 heavy (non-hydrogen) atoms. The smallest absolute Gasteiger partial charge is 0.133 e. The minimum Gasteiger partial charge on any atom is -0.496 e. The largest absolute Gasteiger partial charge is 0.496 e. The van der Waals surface area contributed by atoms with E-state index in [0.717, 1.165) is 28.3 Å². The first-order valence-electron chi connectivity index (χ1n) is 5.51. The Morgan fingerprint density at radius 1 is 1.28 bits per heavy atom. The van der Waals surface area contributed by atoms with Crippen molar-refractivity contribution in [3.05, 3.63) is 46.8 Å². The number of halogens is 1. The van der Waals surface area contributed by atoms with E-state index >= 15 is 0 Å². The van der Waals surface area contributed by atoms with Crippen LogP contribution in [0.1, 0.15) is 5.56 Å². The summed E-state index contributed by atoms with van der Waals surface area (Å²) >= 11 is 3.34. The highest BCUT2D eigenvalue weighted by molar-refractivity contribution is 9.10. The van der Waals surface area contributed by atoms with Crippen molar-refractivity contribution in [1.29, 1.82) is 0 Å². The number of hydrogen-bond acceptors (Lipinski definition) is 4. The molecule has 1 aromatic carbocycles. The molecule has 5 heteroatoms. The van der Waals surface area contributed by atoms with E-state index in [2.05, 4.69) is 25.9 Å². The molecule has 0 aliphatic heterocycles. The van der Waals surface area contributed by atoms with Crippen molar-refractivity contribution < 1.29 is 4.74 Å². The third-order valence-electron chi connectivity index (χ3n) is 2.61. The number of aromatic nitrogens is 2. The van der Waals surface area contributed by atoms with E-state index in [4.69, 9.17) is 4.74 Å². The summed E-state index contributed by atoms with van der Waals surface area (Å²) in [5.41, 5.74) is 1.12. The van der Waals surface area contributed by atoms with Crippen LogP contribution in [0.5, 0.6) is 5.75 Å². The van der Waals surface area contributed by atoms with E-state index in [9.17, 15) is 0 Å². The first kappa shape index (κ1) is 12.8. The Kier molecular flexibility index (Phi) is 4.15. The Bertz CT molecular complexity index is 533. The zero-order chi connectivity index (χ0) is 13.0. The topological polar surface area (TPSA) is 38.2 Å². The van der Waals surface area contributed by atoms with Crippen LogP contribution in [0.4, 0.5) is 5.82 Å². The van der Waals surface area contributed by atoms with Gasteiger partial charge in [-0.1, -0.05) is 18.2 Å². The summed E-state index contributed by atoms with van der Waals surface area (Å²) in [5.74, 6) is 1.75. The standard InChI is InChI=1S/C13H14BrN3O/c1-17(13-7-12(14)15-9-16-13)8-10-5-3-4-6-11(10)18-2/h3-7,9H,8H2,1-2H3. The molecule has 4 nitrogen and oxygen atoms in total. The average Bonchev–Trinajstić information content (AvgIpc) is 2.39. The summed E-state index contributed by atoms with van der Waals surface area (Å²) in [6.45, 7) is 0.730. The maximum Gasteiger partial charge on any atom is 0.133 e. The van der Waals surface area contributed by atoms with Crippen molar-refractivity contribution in [1.82, 2.24) is 9.97 Å². The van der Waals surface area contributed by atoms with Crippen LogP contribution in [-0.2, 0) is 6.54 Å². The van der Waals surface area contributed by atoms with E-state index < -0.39 is 0 Å². The fourth-order valence-electron chi connectivity index (χ4n) is 1.70. The highest BCUT2D eigenvalue weighted by atomic mass is 79.9. The fourth-order valence-corrected chi connectivity index (χ4v) is 2.00. The van der Waals surface area contributed by atoms with Gasteiger partial charge in [-0.2, -0.15) is 0 Å². The van der Waals surface area contributed by atoms with Crippen molar-refractivity contribution in [3.63, 3.8) is 0 Å². The summed E-state index contributed by atoms with van der Waals surface area (Å²) in [5, 5.41) is 0. The second kappa shape index (κ2) is 5.82. The normalized spacial score (nSPS) is 10.2. The van der Waals surface area contributed by atoms with Gasteiger partial charge in [-0.3, -0.25) is 0 Å². The van der Waals surface area contributed by atoms with E-state index in [0.29, 0.717) is 0 Å². The second-order valence-corrected chi connectivity index (χ2v) is 4.68. The van der Waals surface area contributed by atoms with Gasteiger partial charge in [-0.15, -0.1) is 0 Å². The van der Waals surface area contributed by atoms with Crippen LogP contribution >= 0.6 is 15.9 Å². The van der Waals surface area contributed by atoms with Crippen LogP contribution < -0.4 is 9.64 Å². The van der Waals surface area contributed by atoms with Gasteiger partial charge in [0.2, 0.25) is 0 Å². The molecule has 0 aliphatic carbocycles. The lowest BCUT2D eigenvalue weighted by Crippen LogP contribution is -2.18. The molecule has 0 saturated heterocycles. The predicted molar refractivity (Wildman–Crippen MR) is 74.8 cm³/mol. The highest BCUT2D eigenvalue weighted by Crippen LogP contribution is 2.21. The minimum absolute atomic E-state index is 0.730. The first-order chi connectivity index (χ1) is 8.70. The van der Waals surface area contributed by atoms with Gasteiger partial charge >= 0.3 is 0 Å². The molecule has 2 aromatic rings. The molecule has 2 rings (SSSR count). The summed E-state index contributed by atoms with van der Waals surface area (Å²) < 4.78 is 6.11. The Labute approximate surface area is 115 Å². The molecule has 94 valence electrons. The molecular formula is C13H14BrN3O. The number of anilines is 1. The van der Waals surface area contributed by atoms with Crippen LogP contribution in [0.2, 0.25) is 0 Å². The van der Waals surface area contributed by atoms with Crippen LogP contribution in [0.15, 0.2) is 41.3 Å². The summed E-state index contributed by atoms with van der Waals surface area (Å²) in [7, 11) is 3.67. The van der Waals surface area contributed by atoms with Gasteiger partial charge in [0, 0.05) is 25.2 Å². The SMILES string of the molecule is COc1ccccc1CN(C)c1cc(Br)ncn1. The van der Waals surface area contributed by atoms with E-state index in [1.54, 1.807) is 7.11 Å². The van der Waals surface area contributed by atoms with Crippen molar-refractivity contribution >= 4 is 21.7 Å². The van der Waals surface area contributed by atoms with E-state index in [1.165, 1.54) is 6.33 Å². The molecule has 1 heterocycles. The lowest BCUT2D eigenvalue weighted by Gasteiger charge is -2.19. The molecule has 0 radical (unpaired) electrons. The number of benzene rings is 1. The zero-order valence-corrected chi connectivity index (χ0v) is 11.9. The van der Waals surface area contributed by atoms with Crippen LogP contribution in [0.25, 0.3) is 0 Å². The molecule has 0 saturated carbocycles. The summed E-state index contributed by atoms with van der Waals surface area (Å²) in [4.78, 5) is 10.3. The lowest BCUT2D eigenvalue weighted by atomic mass is 10.2. The van der Waals surface area contributed by atoms with Gasteiger partial charge in [-0.25, -0.2) is 9.97 Å². The summed E-state index contributed by atoms with van der Waals surface area (Å²) in [6.07, 6.45) is 1.54. The number of ether oxygens (including phenoxy) is 1. The van der Waals surface area contributed by atoms with Gasteiger partial charge in [-0.05, 0) is 22.0 Å². The third-order valence-corrected chi connectivity index (χ3v) is 3.04. The number of nitrogens with zero attached hydrogens (tertiary/aromatic N) is 3. The fraction of sp³-hybridized carbons (Fsp3) is 0.231. The van der Waals surface area contributed by atoms with Crippen molar-refractivity contribution in [2.24, 2.45) is 0 Å². The first-order valence-corrected chi connectivity index (χ1v) is 6.30. The zero-order valence-electron chi connectivity index (χ0n) is 10.3. The van der Waals surface area contributed by atoms with Crippen LogP contribution in [0, 0.1) is 0 Å². The molecule has 0 unspecified atom stereocenters. The van der Waals surface area contributed by atoms with Crippen LogP contribution in [-0.4, -0.2) is 24.1 Å². The number of para-hydroxylation sites is 1. The molecule has 0 aliphatic rings. The van der Waals surface area contributed by atoms with Gasteiger partial charge in [0.15, 0.2) is 0 Å². The molecule has 1 aromatic heterocycles. The van der Waals surface area contributed by atoms with Gasteiger partial charge in [0.1, 0.15) is 22.5 Å².